The van der Waals surface area contributed by atoms with Crippen LogP contribution in [0, 0.1) is 0 Å². The number of aldehydes is 1. The van der Waals surface area contributed by atoms with Gasteiger partial charge in [0.05, 0.1) is 4.90 Å². The second kappa shape index (κ2) is 7.59. The lowest BCUT2D eigenvalue weighted by molar-refractivity contribution is 0.112. The molecule has 2 rings (SSSR count). The molecule has 0 heterocycles. The van der Waals surface area contributed by atoms with E-state index in [0.717, 1.165) is 24.1 Å². The standard InChI is InChI=1S/C18H22N2O3S/c1-4-20(17-10-8-15(14-21)9-11-17)13-16-6-5-7-18(12-16)24(22,23)19(2)3/h5-12,14H,4,13H2,1-3H3. The smallest absolute Gasteiger partial charge is 0.242 e. The first kappa shape index (κ1) is 18.2. The van der Waals surface area contributed by atoms with Crippen molar-refractivity contribution in [1.29, 1.82) is 0 Å². The minimum atomic E-state index is -3.44. The molecule has 5 nitrogen and oxygen atoms in total. The van der Waals surface area contributed by atoms with Crippen molar-refractivity contribution in [2.24, 2.45) is 0 Å². The summed E-state index contributed by atoms with van der Waals surface area (Å²) in [4.78, 5) is 13.2. The molecule has 0 amide bonds. The zero-order valence-corrected chi connectivity index (χ0v) is 15.0. The molecule has 0 atom stereocenters. The Hall–Kier alpha value is -2.18. The number of hydrogen-bond acceptors (Lipinski definition) is 4. The SMILES string of the molecule is CCN(Cc1cccc(S(=O)(=O)N(C)C)c1)c1ccc(C=O)cc1. The molecule has 0 aliphatic heterocycles. The Morgan fingerprint density at radius 1 is 1.04 bits per heavy atom. The van der Waals surface area contributed by atoms with Crippen LogP contribution in [-0.4, -0.2) is 39.6 Å². The first-order valence-corrected chi connectivity index (χ1v) is 9.14. The quantitative estimate of drug-likeness (QED) is 0.724. The first-order chi connectivity index (χ1) is 11.4. The molecule has 0 unspecified atom stereocenters. The lowest BCUT2D eigenvalue weighted by Gasteiger charge is -2.23. The van der Waals surface area contributed by atoms with E-state index in [1.165, 1.54) is 18.4 Å². The van der Waals surface area contributed by atoms with Gasteiger partial charge >= 0.3 is 0 Å². The van der Waals surface area contributed by atoms with Crippen LogP contribution in [0.15, 0.2) is 53.4 Å². The summed E-state index contributed by atoms with van der Waals surface area (Å²) in [5.41, 5.74) is 2.54. The van der Waals surface area contributed by atoms with E-state index in [-0.39, 0.29) is 4.90 Å². The van der Waals surface area contributed by atoms with E-state index in [0.29, 0.717) is 12.1 Å². The molecule has 0 saturated carbocycles. The van der Waals surface area contributed by atoms with Gasteiger partial charge in [0.2, 0.25) is 10.0 Å². The molecule has 2 aromatic rings. The van der Waals surface area contributed by atoms with Crippen molar-refractivity contribution in [3.63, 3.8) is 0 Å². The summed E-state index contributed by atoms with van der Waals surface area (Å²) in [7, 11) is -0.394. The largest absolute Gasteiger partial charge is 0.367 e. The van der Waals surface area contributed by atoms with Gasteiger partial charge in [-0.2, -0.15) is 0 Å². The predicted octanol–water partition coefficient (Wildman–Crippen LogP) is 2.78. The maximum Gasteiger partial charge on any atom is 0.242 e. The van der Waals surface area contributed by atoms with Crippen LogP contribution in [0.5, 0.6) is 0 Å². The van der Waals surface area contributed by atoms with Crippen molar-refractivity contribution in [2.45, 2.75) is 18.4 Å². The molecule has 0 radical (unpaired) electrons. The molecule has 6 heteroatoms. The summed E-state index contributed by atoms with van der Waals surface area (Å²) < 4.78 is 25.7. The van der Waals surface area contributed by atoms with Crippen LogP contribution < -0.4 is 4.90 Å². The molecule has 24 heavy (non-hydrogen) atoms. The third kappa shape index (κ3) is 4.01. The van der Waals surface area contributed by atoms with Crippen LogP contribution in [0.2, 0.25) is 0 Å². The predicted molar refractivity (Wildman–Crippen MR) is 95.9 cm³/mol. The molecule has 0 N–H and O–H groups in total. The van der Waals surface area contributed by atoms with Gasteiger partial charge in [0.1, 0.15) is 6.29 Å². The van der Waals surface area contributed by atoms with E-state index in [1.807, 2.05) is 25.1 Å². The maximum absolute atomic E-state index is 12.3. The number of benzene rings is 2. The van der Waals surface area contributed by atoms with Gasteiger partial charge in [0.15, 0.2) is 0 Å². The summed E-state index contributed by atoms with van der Waals surface area (Å²) in [6, 6.07) is 14.3. The van der Waals surface area contributed by atoms with Gasteiger partial charge < -0.3 is 4.90 Å². The highest BCUT2D eigenvalue weighted by Gasteiger charge is 2.17. The third-order valence-electron chi connectivity index (χ3n) is 3.83. The molecule has 0 fully saturated rings. The van der Waals surface area contributed by atoms with Crippen LogP contribution in [0.1, 0.15) is 22.8 Å². The Labute approximate surface area is 143 Å². The van der Waals surface area contributed by atoms with Crippen molar-refractivity contribution in [3.8, 4) is 0 Å². The second-order valence-corrected chi connectivity index (χ2v) is 7.81. The van der Waals surface area contributed by atoms with E-state index < -0.39 is 10.0 Å². The first-order valence-electron chi connectivity index (χ1n) is 7.70. The Morgan fingerprint density at radius 3 is 2.25 bits per heavy atom. The van der Waals surface area contributed by atoms with Crippen molar-refractivity contribution in [3.05, 3.63) is 59.7 Å². The fourth-order valence-electron chi connectivity index (χ4n) is 2.38. The minimum Gasteiger partial charge on any atom is -0.367 e. The summed E-state index contributed by atoms with van der Waals surface area (Å²) in [5, 5.41) is 0. The zero-order valence-electron chi connectivity index (χ0n) is 14.1. The molecular formula is C18H22N2O3S. The Bertz CT molecular complexity index is 799. The molecule has 0 bridgehead atoms. The normalized spacial score (nSPS) is 11.5. The third-order valence-corrected chi connectivity index (χ3v) is 5.64. The van der Waals surface area contributed by atoms with Crippen LogP contribution >= 0.6 is 0 Å². The highest BCUT2D eigenvalue weighted by atomic mass is 32.2. The van der Waals surface area contributed by atoms with Crippen LogP contribution in [0.3, 0.4) is 0 Å². The van der Waals surface area contributed by atoms with E-state index in [2.05, 4.69) is 4.90 Å². The van der Waals surface area contributed by atoms with Crippen molar-refractivity contribution < 1.29 is 13.2 Å². The lowest BCUT2D eigenvalue weighted by atomic mass is 10.1. The Morgan fingerprint density at radius 2 is 1.71 bits per heavy atom. The number of carbonyl (C=O) groups is 1. The Kier molecular flexibility index (Phi) is 5.75. The fourth-order valence-corrected chi connectivity index (χ4v) is 3.36. The number of sulfonamides is 1. The van der Waals surface area contributed by atoms with Gasteiger partial charge in [-0.15, -0.1) is 0 Å². The van der Waals surface area contributed by atoms with Gasteiger partial charge in [0.25, 0.3) is 0 Å². The van der Waals surface area contributed by atoms with Crippen LogP contribution in [0.4, 0.5) is 5.69 Å². The topological polar surface area (TPSA) is 57.7 Å². The number of nitrogens with zero attached hydrogens (tertiary/aromatic N) is 2. The highest BCUT2D eigenvalue weighted by Crippen LogP contribution is 2.20. The van der Waals surface area contributed by atoms with Crippen molar-refractivity contribution in [2.75, 3.05) is 25.5 Å². The molecule has 2 aromatic carbocycles. The molecular weight excluding hydrogens is 324 g/mol. The van der Waals surface area contributed by atoms with Crippen molar-refractivity contribution in [1.82, 2.24) is 4.31 Å². The average Bonchev–Trinajstić information content (AvgIpc) is 2.60. The zero-order chi connectivity index (χ0) is 17.7. The molecule has 128 valence electrons. The van der Waals surface area contributed by atoms with Crippen molar-refractivity contribution >= 4 is 22.0 Å². The van der Waals surface area contributed by atoms with Gasteiger partial charge in [-0.25, -0.2) is 12.7 Å². The van der Waals surface area contributed by atoms with Gasteiger partial charge in [-0.05, 0) is 48.9 Å². The maximum atomic E-state index is 12.3. The summed E-state index contributed by atoms with van der Waals surface area (Å²) in [6.07, 6.45) is 0.815. The van der Waals surface area contributed by atoms with E-state index in [1.54, 1.807) is 30.3 Å². The highest BCUT2D eigenvalue weighted by molar-refractivity contribution is 7.89. The number of carbonyl (C=O) groups excluding carboxylic acids is 1. The molecule has 0 saturated heterocycles. The summed E-state index contributed by atoms with van der Waals surface area (Å²) >= 11 is 0. The molecule has 0 aliphatic rings. The Balaban J connectivity index is 2.26. The van der Waals surface area contributed by atoms with E-state index in [9.17, 15) is 13.2 Å². The van der Waals surface area contributed by atoms with Crippen LogP contribution in [-0.2, 0) is 16.6 Å². The van der Waals surface area contributed by atoms with Gasteiger partial charge in [0, 0.05) is 38.4 Å². The fraction of sp³-hybridized carbons (Fsp3) is 0.278. The molecule has 0 spiro atoms. The van der Waals surface area contributed by atoms with Gasteiger partial charge in [-0.3, -0.25) is 4.79 Å². The number of rotatable bonds is 7. The molecule has 0 aliphatic carbocycles. The number of anilines is 1. The van der Waals surface area contributed by atoms with Crippen LogP contribution in [0.25, 0.3) is 0 Å². The van der Waals surface area contributed by atoms with E-state index in [4.69, 9.17) is 0 Å². The van der Waals surface area contributed by atoms with E-state index >= 15 is 0 Å². The van der Waals surface area contributed by atoms with Gasteiger partial charge in [-0.1, -0.05) is 12.1 Å². The second-order valence-electron chi connectivity index (χ2n) is 5.66. The lowest BCUT2D eigenvalue weighted by Crippen LogP contribution is -2.24. The summed E-state index contributed by atoms with van der Waals surface area (Å²) in [5.74, 6) is 0. The molecule has 0 aromatic heterocycles. The summed E-state index contributed by atoms with van der Waals surface area (Å²) in [6.45, 7) is 3.40. The average molecular weight is 346 g/mol. The minimum absolute atomic E-state index is 0.289. The monoisotopic (exact) mass is 346 g/mol. The number of hydrogen-bond donors (Lipinski definition) is 0.